The van der Waals surface area contributed by atoms with Gasteiger partial charge in [-0.3, -0.25) is 9.59 Å². The third kappa shape index (κ3) is 5.10. The van der Waals surface area contributed by atoms with Crippen molar-refractivity contribution >= 4 is 23.7 Å². The van der Waals surface area contributed by atoms with E-state index in [4.69, 9.17) is 14.2 Å². The van der Waals surface area contributed by atoms with Gasteiger partial charge in [0, 0.05) is 30.9 Å². The maximum Gasteiger partial charge on any atom is 0.334 e. The van der Waals surface area contributed by atoms with E-state index in [9.17, 15) is 19.2 Å². The number of carbonyl (C=O) groups excluding carboxylic acids is 4. The Hall–Kier alpha value is -2.96. The Balaban J connectivity index is 2.55. The summed E-state index contributed by atoms with van der Waals surface area (Å²) in [6.07, 6.45) is 0.305. The molecule has 0 amide bonds. The average Bonchev–Trinajstić information content (AvgIpc) is 2.91. The number of fused-ring (bicyclic) bond motifs is 1. The zero-order chi connectivity index (χ0) is 21.9. The van der Waals surface area contributed by atoms with Gasteiger partial charge in [0.25, 0.3) is 0 Å². The van der Waals surface area contributed by atoms with Crippen molar-refractivity contribution in [2.45, 2.75) is 58.8 Å². The minimum Gasteiger partial charge on any atom is -0.458 e. The highest BCUT2D eigenvalue weighted by Gasteiger charge is 2.50. The van der Waals surface area contributed by atoms with Crippen molar-refractivity contribution in [1.29, 1.82) is 0 Å². The van der Waals surface area contributed by atoms with E-state index in [-0.39, 0.29) is 24.2 Å². The minimum absolute atomic E-state index is 0.0648. The van der Waals surface area contributed by atoms with Gasteiger partial charge in [-0.15, -0.1) is 0 Å². The van der Waals surface area contributed by atoms with Gasteiger partial charge in [0.1, 0.15) is 6.10 Å². The fraction of sp³-hybridized carbons (Fsp3) is 0.455. The predicted octanol–water partition coefficient (Wildman–Crippen LogP) is 2.76. The van der Waals surface area contributed by atoms with Crippen LogP contribution in [0.3, 0.4) is 0 Å². The summed E-state index contributed by atoms with van der Waals surface area (Å²) in [6.45, 7) is 14.0. The average molecular weight is 402 g/mol. The zero-order valence-corrected chi connectivity index (χ0v) is 17.2. The molecule has 7 heteroatoms. The summed E-state index contributed by atoms with van der Waals surface area (Å²) < 4.78 is 16.5. The Labute approximate surface area is 170 Å². The van der Waals surface area contributed by atoms with Gasteiger partial charge in [-0.2, -0.15) is 0 Å². The van der Waals surface area contributed by atoms with Crippen LogP contribution in [0, 0.1) is 5.92 Å². The molecule has 0 saturated carbocycles. The molecule has 1 saturated heterocycles. The quantitative estimate of drug-likeness (QED) is 0.310. The molecule has 29 heavy (non-hydrogen) atoms. The maximum absolute atomic E-state index is 12.4. The third-order valence-corrected chi connectivity index (χ3v) is 5.00. The lowest BCUT2D eigenvalue weighted by Gasteiger charge is -2.33. The molecule has 1 fully saturated rings. The highest BCUT2D eigenvalue weighted by molar-refractivity contribution is 5.93. The van der Waals surface area contributed by atoms with Gasteiger partial charge in [-0.1, -0.05) is 24.8 Å². The zero-order valence-electron chi connectivity index (χ0n) is 17.2. The van der Waals surface area contributed by atoms with Crippen molar-refractivity contribution in [3.63, 3.8) is 0 Å². The number of ketones is 1. The van der Waals surface area contributed by atoms with Crippen LogP contribution in [0.4, 0.5) is 0 Å². The van der Waals surface area contributed by atoms with Gasteiger partial charge in [0.15, 0.2) is 18.0 Å². The van der Waals surface area contributed by atoms with Crippen LogP contribution in [0.25, 0.3) is 0 Å². The van der Waals surface area contributed by atoms with E-state index in [1.54, 1.807) is 26.8 Å². The summed E-state index contributed by atoms with van der Waals surface area (Å²) in [5, 5.41) is 0. The molecular formula is C22H26O7. The monoisotopic (exact) mass is 402 g/mol. The number of allylic oxidation sites excluding steroid dienone is 2. The predicted molar refractivity (Wildman–Crippen MR) is 105 cm³/mol. The van der Waals surface area contributed by atoms with Crippen LogP contribution < -0.4 is 0 Å². The van der Waals surface area contributed by atoms with E-state index in [0.717, 1.165) is 0 Å². The van der Waals surface area contributed by atoms with Crippen LogP contribution in [0.1, 0.15) is 40.5 Å². The van der Waals surface area contributed by atoms with Crippen LogP contribution in [0.5, 0.6) is 0 Å². The molecule has 0 aromatic heterocycles. The number of hydrogen-bond acceptors (Lipinski definition) is 7. The molecule has 0 aromatic carbocycles. The smallest absolute Gasteiger partial charge is 0.334 e. The van der Waals surface area contributed by atoms with Gasteiger partial charge in [0.2, 0.25) is 0 Å². The molecule has 1 aliphatic carbocycles. The normalized spacial score (nSPS) is 30.1. The molecule has 4 atom stereocenters. The van der Waals surface area contributed by atoms with Crippen molar-refractivity contribution in [3.8, 4) is 0 Å². The van der Waals surface area contributed by atoms with Crippen LogP contribution in [0.2, 0.25) is 0 Å². The van der Waals surface area contributed by atoms with Crippen LogP contribution in [-0.2, 0) is 33.4 Å². The Morgan fingerprint density at radius 3 is 2.45 bits per heavy atom. The number of rotatable bonds is 3. The van der Waals surface area contributed by atoms with Crippen LogP contribution in [0.15, 0.2) is 47.6 Å². The van der Waals surface area contributed by atoms with Crippen molar-refractivity contribution in [3.05, 3.63) is 47.6 Å². The van der Waals surface area contributed by atoms with Crippen molar-refractivity contribution in [2.75, 3.05) is 0 Å². The summed E-state index contributed by atoms with van der Waals surface area (Å²) in [5.41, 5.74) is 1.49. The standard InChI is InChI=1S/C22H26O7/c1-7-12(3)21(25)28-17-9-11(2)8-16(24)10-13(4)19(27-15(6)23)20-18(17)14(5)22(26)29-20/h7-8,17-20H,4-5,9-10H2,1-3,6H3/b11-8+,12-7+/t17-,18-,19+,20-/m1/s1. The van der Waals surface area contributed by atoms with E-state index in [1.165, 1.54) is 13.0 Å². The van der Waals surface area contributed by atoms with Crippen LogP contribution in [-0.4, -0.2) is 42.0 Å². The summed E-state index contributed by atoms with van der Waals surface area (Å²) in [4.78, 5) is 48.8. The van der Waals surface area contributed by atoms with E-state index in [1.807, 2.05) is 0 Å². The summed E-state index contributed by atoms with van der Waals surface area (Å²) in [6, 6.07) is 0. The summed E-state index contributed by atoms with van der Waals surface area (Å²) >= 11 is 0. The van der Waals surface area contributed by atoms with E-state index < -0.39 is 42.1 Å². The SMILES string of the molecule is C=C1C(=O)O[C@@H]2[C@H]1[C@H](OC(=O)/C(C)=C/C)C/C(C)=C/C(=O)CC(=C)[C@@H]2OC(C)=O. The summed E-state index contributed by atoms with van der Waals surface area (Å²) in [5.74, 6) is -2.82. The Morgan fingerprint density at radius 2 is 1.86 bits per heavy atom. The molecule has 1 heterocycles. The van der Waals surface area contributed by atoms with Gasteiger partial charge < -0.3 is 14.2 Å². The molecule has 0 unspecified atom stereocenters. The molecular weight excluding hydrogens is 376 g/mol. The topological polar surface area (TPSA) is 96.0 Å². The molecule has 1 aliphatic heterocycles. The minimum atomic E-state index is -1.06. The Kier molecular flexibility index (Phi) is 6.95. The lowest BCUT2D eigenvalue weighted by atomic mass is 9.82. The fourth-order valence-electron chi connectivity index (χ4n) is 3.47. The Bertz CT molecular complexity index is 830. The number of carbonyl (C=O) groups is 4. The first-order chi connectivity index (χ1) is 13.5. The van der Waals surface area contributed by atoms with E-state index >= 15 is 0 Å². The number of ether oxygens (including phenoxy) is 3. The van der Waals surface area contributed by atoms with Gasteiger partial charge in [-0.25, -0.2) is 9.59 Å². The highest BCUT2D eigenvalue weighted by atomic mass is 16.6. The Morgan fingerprint density at radius 1 is 1.21 bits per heavy atom. The van der Waals surface area contributed by atoms with Crippen molar-refractivity contribution < 1.29 is 33.4 Å². The molecule has 0 spiro atoms. The molecule has 156 valence electrons. The number of esters is 3. The second-order valence-electron chi connectivity index (χ2n) is 7.36. The first-order valence-electron chi connectivity index (χ1n) is 9.33. The fourth-order valence-corrected chi connectivity index (χ4v) is 3.47. The molecule has 7 nitrogen and oxygen atoms in total. The van der Waals surface area contributed by atoms with E-state index in [0.29, 0.717) is 16.7 Å². The lowest BCUT2D eigenvalue weighted by Crippen LogP contribution is -2.43. The largest absolute Gasteiger partial charge is 0.458 e. The van der Waals surface area contributed by atoms with Gasteiger partial charge in [0.05, 0.1) is 5.92 Å². The van der Waals surface area contributed by atoms with Crippen molar-refractivity contribution in [2.24, 2.45) is 5.92 Å². The first kappa shape index (κ1) is 22.3. The highest BCUT2D eigenvalue weighted by Crippen LogP contribution is 2.39. The molecule has 0 radical (unpaired) electrons. The molecule has 0 aromatic rings. The van der Waals surface area contributed by atoms with Gasteiger partial charge >= 0.3 is 17.9 Å². The third-order valence-electron chi connectivity index (χ3n) is 5.00. The van der Waals surface area contributed by atoms with Gasteiger partial charge in [-0.05, 0) is 32.4 Å². The van der Waals surface area contributed by atoms with E-state index in [2.05, 4.69) is 13.2 Å². The molecule has 0 bridgehead atoms. The molecule has 2 rings (SSSR count). The second-order valence-corrected chi connectivity index (χ2v) is 7.36. The maximum atomic E-state index is 12.4. The molecule has 2 aliphatic rings. The number of hydrogen-bond donors (Lipinski definition) is 0. The van der Waals surface area contributed by atoms with Crippen molar-refractivity contribution in [1.82, 2.24) is 0 Å². The molecule has 0 N–H and O–H groups in total. The lowest BCUT2D eigenvalue weighted by molar-refractivity contribution is -0.162. The first-order valence-corrected chi connectivity index (χ1v) is 9.33. The second kappa shape index (κ2) is 9.03. The van der Waals surface area contributed by atoms with Crippen LogP contribution >= 0.6 is 0 Å². The summed E-state index contributed by atoms with van der Waals surface area (Å²) in [7, 11) is 0.